The van der Waals surface area contributed by atoms with E-state index < -0.39 is 0 Å². The minimum absolute atomic E-state index is 0.185. The van der Waals surface area contributed by atoms with Gasteiger partial charge in [0.25, 0.3) is 5.91 Å². The number of nitrogens with two attached hydrogens (primary N) is 1. The van der Waals surface area contributed by atoms with E-state index >= 15 is 0 Å². The Bertz CT molecular complexity index is 394. The van der Waals surface area contributed by atoms with Gasteiger partial charge in [-0.25, -0.2) is 0 Å². The van der Waals surface area contributed by atoms with Crippen molar-refractivity contribution < 1.29 is 14.3 Å². The lowest BCUT2D eigenvalue weighted by atomic mass is 10.1. The lowest BCUT2D eigenvalue weighted by Gasteiger charge is -2.10. The summed E-state index contributed by atoms with van der Waals surface area (Å²) in [5, 5.41) is 2.81. The molecule has 0 saturated carbocycles. The van der Waals surface area contributed by atoms with Crippen LogP contribution in [0.15, 0.2) is 18.2 Å². The summed E-state index contributed by atoms with van der Waals surface area (Å²) in [5.41, 5.74) is 6.65. The standard InChI is InChI=1S/C13H20N2O3/c1-3-18-8-4-7-15-13(16)11-9-10(14)5-6-12(11)17-2/h5-6,9H,3-4,7-8,14H2,1-2H3,(H,15,16). The Morgan fingerprint density at radius 1 is 1.44 bits per heavy atom. The fourth-order valence-electron chi connectivity index (χ4n) is 1.52. The van der Waals surface area contributed by atoms with Crippen LogP contribution in [-0.2, 0) is 4.74 Å². The molecule has 0 aliphatic carbocycles. The zero-order valence-electron chi connectivity index (χ0n) is 10.9. The summed E-state index contributed by atoms with van der Waals surface area (Å²) >= 11 is 0. The second kappa shape index (κ2) is 7.55. The summed E-state index contributed by atoms with van der Waals surface area (Å²) < 4.78 is 10.3. The Morgan fingerprint density at radius 3 is 2.89 bits per heavy atom. The van der Waals surface area contributed by atoms with Crippen molar-refractivity contribution in [1.82, 2.24) is 5.32 Å². The van der Waals surface area contributed by atoms with E-state index in [1.165, 1.54) is 7.11 Å². The number of hydrogen-bond donors (Lipinski definition) is 2. The Morgan fingerprint density at radius 2 is 2.22 bits per heavy atom. The van der Waals surface area contributed by atoms with E-state index in [0.29, 0.717) is 36.8 Å². The predicted molar refractivity (Wildman–Crippen MR) is 70.8 cm³/mol. The van der Waals surface area contributed by atoms with Crippen molar-refractivity contribution in [3.63, 3.8) is 0 Å². The van der Waals surface area contributed by atoms with Crippen LogP contribution in [0.5, 0.6) is 5.75 Å². The molecule has 5 heteroatoms. The molecule has 0 saturated heterocycles. The molecule has 1 rings (SSSR count). The van der Waals surface area contributed by atoms with Crippen LogP contribution in [-0.4, -0.2) is 32.8 Å². The van der Waals surface area contributed by atoms with Gasteiger partial charge in [0.05, 0.1) is 12.7 Å². The number of benzene rings is 1. The highest BCUT2D eigenvalue weighted by molar-refractivity contribution is 5.97. The van der Waals surface area contributed by atoms with Gasteiger partial charge in [0.1, 0.15) is 5.75 Å². The van der Waals surface area contributed by atoms with E-state index in [1.807, 2.05) is 6.92 Å². The van der Waals surface area contributed by atoms with Gasteiger partial charge < -0.3 is 20.5 Å². The molecule has 0 spiro atoms. The largest absolute Gasteiger partial charge is 0.496 e. The van der Waals surface area contributed by atoms with E-state index in [0.717, 1.165) is 6.42 Å². The first-order chi connectivity index (χ1) is 8.69. The zero-order valence-corrected chi connectivity index (χ0v) is 10.9. The molecular formula is C13H20N2O3. The molecule has 5 nitrogen and oxygen atoms in total. The fourth-order valence-corrected chi connectivity index (χ4v) is 1.52. The van der Waals surface area contributed by atoms with E-state index in [4.69, 9.17) is 15.2 Å². The number of nitrogens with one attached hydrogen (secondary N) is 1. The number of hydrogen-bond acceptors (Lipinski definition) is 4. The first-order valence-corrected chi connectivity index (χ1v) is 5.98. The normalized spacial score (nSPS) is 10.1. The number of anilines is 1. The van der Waals surface area contributed by atoms with Crippen LogP contribution in [0, 0.1) is 0 Å². The Kier molecular flexibility index (Phi) is 6.00. The first kappa shape index (κ1) is 14.3. The van der Waals surface area contributed by atoms with Gasteiger partial charge in [-0.3, -0.25) is 4.79 Å². The average Bonchev–Trinajstić information content (AvgIpc) is 2.38. The lowest BCUT2D eigenvalue weighted by molar-refractivity contribution is 0.0941. The minimum atomic E-state index is -0.185. The van der Waals surface area contributed by atoms with Crippen LogP contribution < -0.4 is 15.8 Å². The molecule has 1 aromatic carbocycles. The Hall–Kier alpha value is -1.75. The maximum absolute atomic E-state index is 11.9. The van der Waals surface area contributed by atoms with Crippen LogP contribution in [0.2, 0.25) is 0 Å². The minimum Gasteiger partial charge on any atom is -0.496 e. The molecule has 3 N–H and O–H groups in total. The molecule has 1 amide bonds. The molecule has 0 aliphatic rings. The van der Waals surface area contributed by atoms with Crippen molar-refractivity contribution >= 4 is 11.6 Å². The third kappa shape index (κ3) is 4.25. The van der Waals surface area contributed by atoms with E-state index in [-0.39, 0.29) is 5.91 Å². The fraction of sp³-hybridized carbons (Fsp3) is 0.462. The molecule has 0 aliphatic heterocycles. The van der Waals surface area contributed by atoms with Crippen molar-refractivity contribution in [3.05, 3.63) is 23.8 Å². The van der Waals surface area contributed by atoms with E-state index in [2.05, 4.69) is 5.32 Å². The van der Waals surface area contributed by atoms with Crippen LogP contribution >= 0.6 is 0 Å². The molecule has 0 unspecified atom stereocenters. The number of ether oxygens (including phenoxy) is 2. The molecule has 1 aromatic rings. The quantitative estimate of drug-likeness (QED) is 0.569. The topological polar surface area (TPSA) is 73.6 Å². The van der Waals surface area contributed by atoms with Crippen molar-refractivity contribution in [3.8, 4) is 5.75 Å². The van der Waals surface area contributed by atoms with Crippen molar-refractivity contribution in [2.75, 3.05) is 32.6 Å². The smallest absolute Gasteiger partial charge is 0.255 e. The van der Waals surface area contributed by atoms with E-state index in [1.54, 1.807) is 18.2 Å². The van der Waals surface area contributed by atoms with Crippen molar-refractivity contribution in [2.45, 2.75) is 13.3 Å². The summed E-state index contributed by atoms with van der Waals surface area (Å²) in [4.78, 5) is 11.9. The summed E-state index contributed by atoms with van der Waals surface area (Å²) in [6.07, 6.45) is 0.782. The maximum atomic E-state index is 11.9. The summed E-state index contributed by atoms with van der Waals surface area (Å²) in [6, 6.07) is 4.99. The third-order valence-electron chi connectivity index (χ3n) is 2.42. The van der Waals surface area contributed by atoms with Gasteiger partial charge in [0, 0.05) is 25.4 Å². The molecule has 100 valence electrons. The molecule has 0 fully saturated rings. The number of amides is 1. The summed E-state index contributed by atoms with van der Waals surface area (Å²) in [5.74, 6) is 0.335. The van der Waals surface area contributed by atoms with Crippen LogP contribution in [0.3, 0.4) is 0 Å². The predicted octanol–water partition coefficient (Wildman–Crippen LogP) is 1.43. The Balaban J connectivity index is 2.52. The van der Waals surface area contributed by atoms with Crippen LogP contribution in [0.25, 0.3) is 0 Å². The highest BCUT2D eigenvalue weighted by Crippen LogP contribution is 2.20. The number of methoxy groups -OCH3 is 1. The van der Waals surface area contributed by atoms with E-state index in [9.17, 15) is 4.79 Å². The molecule has 18 heavy (non-hydrogen) atoms. The molecule has 0 heterocycles. The SMILES string of the molecule is CCOCCCNC(=O)c1cc(N)ccc1OC. The van der Waals surface area contributed by atoms with Crippen LogP contribution in [0.1, 0.15) is 23.7 Å². The number of carbonyl (C=O) groups excluding carboxylic acids is 1. The molecular weight excluding hydrogens is 232 g/mol. The van der Waals surface area contributed by atoms with Gasteiger partial charge in [-0.2, -0.15) is 0 Å². The van der Waals surface area contributed by atoms with Gasteiger partial charge in [-0.05, 0) is 31.5 Å². The second-order valence-electron chi connectivity index (χ2n) is 3.77. The molecule has 0 radical (unpaired) electrons. The van der Waals surface area contributed by atoms with Gasteiger partial charge in [0.15, 0.2) is 0 Å². The molecule has 0 aromatic heterocycles. The highest BCUT2D eigenvalue weighted by Gasteiger charge is 2.11. The van der Waals surface area contributed by atoms with Gasteiger partial charge in [0.2, 0.25) is 0 Å². The lowest BCUT2D eigenvalue weighted by Crippen LogP contribution is -2.25. The monoisotopic (exact) mass is 252 g/mol. The summed E-state index contributed by atoms with van der Waals surface area (Å²) in [6.45, 7) is 3.84. The van der Waals surface area contributed by atoms with Crippen molar-refractivity contribution in [1.29, 1.82) is 0 Å². The molecule has 0 atom stereocenters. The number of rotatable bonds is 7. The van der Waals surface area contributed by atoms with Gasteiger partial charge >= 0.3 is 0 Å². The van der Waals surface area contributed by atoms with Crippen LogP contribution in [0.4, 0.5) is 5.69 Å². The summed E-state index contributed by atoms with van der Waals surface area (Å²) in [7, 11) is 1.53. The zero-order chi connectivity index (χ0) is 13.4. The maximum Gasteiger partial charge on any atom is 0.255 e. The second-order valence-corrected chi connectivity index (χ2v) is 3.77. The van der Waals surface area contributed by atoms with Gasteiger partial charge in [-0.15, -0.1) is 0 Å². The number of nitrogen functional groups attached to an aromatic ring is 1. The first-order valence-electron chi connectivity index (χ1n) is 5.98. The average molecular weight is 252 g/mol. The molecule has 0 bridgehead atoms. The van der Waals surface area contributed by atoms with Gasteiger partial charge in [-0.1, -0.05) is 0 Å². The third-order valence-corrected chi connectivity index (χ3v) is 2.42. The van der Waals surface area contributed by atoms with Crippen molar-refractivity contribution in [2.24, 2.45) is 0 Å². The Labute approximate surface area is 107 Å². The number of carbonyl (C=O) groups is 1. The highest BCUT2D eigenvalue weighted by atomic mass is 16.5.